The second-order valence-corrected chi connectivity index (χ2v) is 10.9. The molecular weight excluding hydrogens is 504 g/mol. The fourth-order valence-corrected chi connectivity index (χ4v) is 4.82. The largest absolute Gasteiger partial charge is 0.494 e. The van der Waals surface area contributed by atoms with Crippen LogP contribution in [0, 0.1) is 0 Å². The van der Waals surface area contributed by atoms with E-state index in [-0.39, 0.29) is 18.3 Å². The number of benzene rings is 4. The topological polar surface area (TPSA) is 62.0 Å². The smallest absolute Gasteiger partial charge is 0.120 e. The molecule has 0 aromatic heterocycles. The Morgan fingerprint density at radius 3 is 1.62 bits per heavy atom. The molecule has 2 aliphatic heterocycles. The van der Waals surface area contributed by atoms with E-state index >= 15 is 0 Å². The molecule has 0 N–H and O–H groups in total. The molecule has 210 valence electrons. The van der Waals surface area contributed by atoms with Gasteiger partial charge in [0.25, 0.3) is 0 Å². The van der Waals surface area contributed by atoms with Gasteiger partial charge in [0.1, 0.15) is 48.4 Å². The summed E-state index contributed by atoms with van der Waals surface area (Å²) in [7, 11) is 0. The Labute approximate surface area is 236 Å². The number of hydrogen-bond acceptors (Lipinski definition) is 6. The SMILES string of the molecule is CC(CCCCCCOc1ccc2ccc(OCC3CO3)cc2c1)Oc1ccc2ccc(OCC3CO3)cc2c1. The summed E-state index contributed by atoms with van der Waals surface area (Å²) in [6, 6.07) is 24.9. The number of hydrogen-bond donors (Lipinski definition) is 0. The van der Waals surface area contributed by atoms with Crippen molar-refractivity contribution in [2.24, 2.45) is 0 Å². The Morgan fingerprint density at radius 2 is 1.07 bits per heavy atom. The second kappa shape index (κ2) is 12.8. The van der Waals surface area contributed by atoms with Crippen molar-refractivity contribution in [2.45, 2.75) is 57.3 Å². The number of unbranched alkanes of at least 4 members (excludes halogenated alkanes) is 3. The van der Waals surface area contributed by atoms with E-state index in [1.807, 2.05) is 18.2 Å². The van der Waals surface area contributed by atoms with Gasteiger partial charge in [0.2, 0.25) is 0 Å². The molecule has 2 saturated heterocycles. The van der Waals surface area contributed by atoms with Crippen molar-refractivity contribution in [3.8, 4) is 23.0 Å². The Balaban J connectivity index is 0.882. The van der Waals surface area contributed by atoms with E-state index in [0.29, 0.717) is 13.2 Å². The maximum absolute atomic E-state index is 6.23. The van der Waals surface area contributed by atoms with Crippen LogP contribution in [0.5, 0.6) is 23.0 Å². The van der Waals surface area contributed by atoms with Crippen molar-refractivity contribution in [3.05, 3.63) is 72.8 Å². The molecule has 0 radical (unpaired) electrons. The standard InChI is InChI=1S/C34H38O6/c1-24(40-32-14-10-26-9-13-31(18-28(26)19-32)37-21-34-23-39-34)6-4-2-3-5-15-35-29-11-7-25-8-12-30(17-27(25)16-29)36-20-33-22-38-33/h7-14,16-19,24,33-34H,2-6,15,20-23H2,1H3. The summed E-state index contributed by atoms with van der Waals surface area (Å²) in [5.41, 5.74) is 0. The Bertz CT molecular complexity index is 1410. The third kappa shape index (κ3) is 7.80. The summed E-state index contributed by atoms with van der Waals surface area (Å²) in [4.78, 5) is 0. The number of rotatable bonds is 16. The molecule has 0 bridgehead atoms. The van der Waals surface area contributed by atoms with Crippen LogP contribution in [-0.2, 0) is 9.47 Å². The van der Waals surface area contributed by atoms with Crippen molar-refractivity contribution in [3.63, 3.8) is 0 Å². The molecule has 6 nitrogen and oxygen atoms in total. The van der Waals surface area contributed by atoms with Gasteiger partial charge in [0.05, 0.1) is 25.9 Å². The number of ether oxygens (including phenoxy) is 6. The van der Waals surface area contributed by atoms with E-state index < -0.39 is 0 Å². The maximum atomic E-state index is 6.23. The monoisotopic (exact) mass is 542 g/mol. The zero-order valence-electron chi connectivity index (χ0n) is 23.2. The highest BCUT2D eigenvalue weighted by Crippen LogP contribution is 2.28. The van der Waals surface area contributed by atoms with Crippen molar-refractivity contribution >= 4 is 21.5 Å². The van der Waals surface area contributed by atoms with Gasteiger partial charge in [-0.05, 0) is 96.3 Å². The minimum absolute atomic E-state index is 0.170. The third-order valence-corrected chi connectivity index (χ3v) is 7.35. The zero-order chi connectivity index (χ0) is 27.1. The van der Waals surface area contributed by atoms with Gasteiger partial charge in [0, 0.05) is 0 Å². The minimum atomic E-state index is 0.170. The molecule has 40 heavy (non-hydrogen) atoms. The Kier molecular flexibility index (Phi) is 8.55. The van der Waals surface area contributed by atoms with Gasteiger partial charge in [0.15, 0.2) is 0 Å². The molecule has 6 rings (SSSR count). The van der Waals surface area contributed by atoms with Crippen LogP contribution in [0.3, 0.4) is 0 Å². The first-order valence-corrected chi connectivity index (χ1v) is 14.5. The van der Waals surface area contributed by atoms with Gasteiger partial charge in [-0.3, -0.25) is 0 Å². The molecule has 4 aromatic carbocycles. The molecule has 2 fully saturated rings. The van der Waals surface area contributed by atoms with E-state index in [0.717, 1.165) is 79.3 Å². The van der Waals surface area contributed by atoms with Gasteiger partial charge in [-0.1, -0.05) is 37.1 Å². The lowest BCUT2D eigenvalue weighted by Gasteiger charge is -2.15. The van der Waals surface area contributed by atoms with Gasteiger partial charge in [-0.25, -0.2) is 0 Å². The molecule has 0 spiro atoms. The zero-order valence-corrected chi connectivity index (χ0v) is 23.2. The minimum Gasteiger partial charge on any atom is -0.494 e. The predicted molar refractivity (Wildman–Crippen MR) is 157 cm³/mol. The molecule has 2 aliphatic rings. The van der Waals surface area contributed by atoms with E-state index in [9.17, 15) is 0 Å². The fourth-order valence-electron chi connectivity index (χ4n) is 4.82. The summed E-state index contributed by atoms with van der Waals surface area (Å²) in [5, 5.41) is 4.62. The normalized spacial score (nSPS) is 18.4. The second-order valence-electron chi connectivity index (χ2n) is 10.9. The third-order valence-electron chi connectivity index (χ3n) is 7.35. The van der Waals surface area contributed by atoms with Gasteiger partial charge >= 0.3 is 0 Å². The summed E-state index contributed by atoms with van der Waals surface area (Å²) in [5.74, 6) is 3.56. The summed E-state index contributed by atoms with van der Waals surface area (Å²) in [6.07, 6.45) is 6.21. The van der Waals surface area contributed by atoms with E-state index in [1.165, 1.54) is 17.2 Å². The highest BCUT2D eigenvalue weighted by atomic mass is 16.6. The molecule has 0 aliphatic carbocycles. The van der Waals surface area contributed by atoms with E-state index in [4.69, 9.17) is 28.4 Å². The Hall–Kier alpha value is -3.48. The molecule has 0 amide bonds. The molecule has 6 heteroatoms. The molecular formula is C34H38O6. The quantitative estimate of drug-likeness (QED) is 0.109. The maximum Gasteiger partial charge on any atom is 0.120 e. The lowest BCUT2D eigenvalue weighted by molar-refractivity contribution is 0.206. The van der Waals surface area contributed by atoms with Crippen molar-refractivity contribution < 1.29 is 28.4 Å². The first kappa shape index (κ1) is 26.7. The highest BCUT2D eigenvalue weighted by molar-refractivity contribution is 5.86. The molecule has 3 atom stereocenters. The van der Waals surface area contributed by atoms with Crippen molar-refractivity contribution in [1.29, 1.82) is 0 Å². The first-order chi connectivity index (χ1) is 19.7. The van der Waals surface area contributed by atoms with Gasteiger partial charge in [-0.15, -0.1) is 0 Å². The Morgan fingerprint density at radius 1 is 0.600 bits per heavy atom. The van der Waals surface area contributed by atoms with Crippen LogP contribution in [0.4, 0.5) is 0 Å². The first-order valence-electron chi connectivity index (χ1n) is 14.5. The van der Waals surface area contributed by atoms with Crippen molar-refractivity contribution in [2.75, 3.05) is 33.0 Å². The number of fused-ring (bicyclic) bond motifs is 2. The fraction of sp³-hybridized carbons (Fsp3) is 0.412. The van der Waals surface area contributed by atoms with Crippen LogP contribution >= 0.6 is 0 Å². The summed E-state index contributed by atoms with van der Waals surface area (Å²) in [6.45, 7) is 5.71. The average molecular weight is 543 g/mol. The van der Waals surface area contributed by atoms with Gasteiger partial charge in [-0.2, -0.15) is 0 Å². The lowest BCUT2D eigenvalue weighted by atomic mass is 10.1. The highest BCUT2D eigenvalue weighted by Gasteiger charge is 2.23. The van der Waals surface area contributed by atoms with Crippen LogP contribution in [0.25, 0.3) is 21.5 Å². The molecule has 3 unspecified atom stereocenters. The van der Waals surface area contributed by atoms with Crippen LogP contribution < -0.4 is 18.9 Å². The van der Waals surface area contributed by atoms with E-state index in [2.05, 4.69) is 61.5 Å². The molecule has 4 aromatic rings. The van der Waals surface area contributed by atoms with Gasteiger partial charge < -0.3 is 28.4 Å². The van der Waals surface area contributed by atoms with Crippen molar-refractivity contribution in [1.82, 2.24) is 0 Å². The van der Waals surface area contributed by atoms with Crippen LogP contribution in [0.15, 0.2) is 72.8 Å². The summed E-state index contributed by atoms with van der Waals surface area (Å²) < 4.78 is 34.4. The molecule has 0 saturated carbocycles. The van der Waals surface area contributed by atoms with Crippen LogP contribution in [0.1, 0.15) is 39.0 Å². The van der Waals surface area contributed by atoms with E-state index in [1.54, 1.807) is 0 Å². The predicted octanol–water partition coefficient (Wildman–Crippen LogP) is 7.35. The summed E-state index contributed by atoms with van der Waals surface area (Å²) >= 11 is 0. The lowest BCUT2D eigenvalue weighted by Crippen LogP contribution is -2.11. The average Bonchev–Trinajstić information content (AvgIpc) is 3.90. The van der Waals surface area contributed by atoms with Crippen LogP contribution in [-0.4, -0.2) is 51.3 Å². The number of epoxide rings is 2. The van der Waals surface area contributed by atoms with Crippen LogP contribution in [0.2, 0.25) is 0 Å². The molecule has 2 heterocycles.